The third kappa shape index (κ3) is 4.56. The molecule has 0 amide bonds. The number of hydrogen-bond donors (Lipinski definition) is 0. The van der Waals surface area contributed by atoms with Crippen LogP contribution < -0.4 is 0 Å². The van der Waals surface area contributed by atoms with Crippen LogP contribution in [0.3, 0.4) is 0 Å². The van der Waals surface area contributed by atoms with E-state index in [-0.39, 0.29) is 0 Å². The first-order valence-corrected chi connectivity index (χ1v) is 17.3. The van der Waals surface area contributed by atoms with E-state index in [2.05, 4.69) is 129 Å². The van der Waals surface area contributed by atoms with Crippen molar-refractivity contribution in [1.29, 1.82) is 0 Å². The second kappa shape index (κ2) is 11.9. The van der Waals surface area contributed by atoms with Crippen LogP contribution in [0.15, 0.2) is 176 Å². The lowest BCUT2D eigenvalue weighted by atomic mass is 10.0. The van der Waals surface area contributed by atoms with E-state index in [9.17, 15) is 0 Å². The van der Waals surface area contributed by atoms with E-state index in [1.807, 2.05) is 60.7 Å². The van der Waals surface area contributed by atoms with Crippen molar-refractivity contribution in [2.75, 3.05) is 0 Å². The molecule has 5 nitrogen and oxygen atoms in total. The van der Waals surface area contributed by atoms with Crippen molar-refractivity contribution in [2.45, 2.75) is 0 Å². The minimum atomic E-state index is 0.431. The average molecular weight is 664 g/mol. The van der Waals surface area contributed by atoms with Gasteiger partial charge >= 0.3 is 0 Å². The molecule has 0 spiro atoms. The topological polar surface area (TPSA) is 40.0 Å². The van der Waals surface area contributed by atoms with Crippen LogP contribution in [0, 0.1) is 6.57 Å². The summed E-state index contributed by atoms with van der Waals surface area (Å²) in [5.74, 6) is 0.584. The Morgan fingerprint density at radius 2 is 0.981 bits per heavy atom. The summed E-state index contributed by atoms with van der Waals surface area (Å²) >= 11 is 0. The van der Waals surface area contributed by atoms with Crippen molar-refractivity contribution in [2.24, 2.45) is 0 Å². The Morgan fingerprint density at radius 1 is 0.423 bits per heavy atom. The maximum Gasteiger partial charge on any atom is 0.238 e. The van der Waals surface area contributed by atoms with E-state index in [0.717, 1.165) is 60.9 Å². The Balaban J connectivity index is 1.32. The highest BCUT2D eigenvalue weighted by molar-refractivity contribution is 6.26. The van der Waals surface area contributed by atoms with Crippen LogP contribution in [0.4, 0.5) is 5.69 Å². The largest absolute Gasteiger partial charge is 0.309 e. The number of benzene rings is 7. The van der Waals surface area contributed by atoms with E-state index in [0.29, 0.717) is 22.9 Å². The van der Waals surface area contributed by atoms with Crippen molar-refractivity contribution in [3.63, 3.8) is 0 Å². The molecule has 0 bridgehead atoms. The smallest absolute Gasteiger partial charge is 0.238 e. The summed E-state index contributed by atoms with van der Waals surface area (Å²) in [5.41, 5.74) is 11.0. The summed E-state index contributed by atoms with van der Waals surface area (Å²) in [6.45, 7) is 8.40. The first-order valence-electron chi connectivity index (χ1n) is 17.3. The van der Waals surface area contributed by atoms with Gasteiger partial charge in [-0.2, -0.15) is 0 Å². The van der Waals surface area contributed by atoms with Crippen LogP contribution in [-0.2, 0) is 0 Å². The number of aromatic nitrogens is 4. The zero-order valence-corrected chi connectivity index (χ0v) is 28.0. The molecule has 0 atom stereocenters. The fourth-order valence-electron chi connectivity index (χ4n) is 7.68. The molecule has 3 heterocycles. The summed E-state index contributed by atoms with van der Waals surface area (Å²) < 4.78 is 4.74. The summed E-state index contributed by atoms with van der Waals surface area (Å²) in [6, 6.07) is 60.7. The number of para-hydroxylation sites is 3. The average Bonchev–Trinajstić information content (AvgIpc) is 3.74. The van der Waals surface area contributed by atoms with Gasteiger partial charge in [-0.1, -0.05) is 133 Å². The maximum atomic E-state index is 8.40. The van der Waals surface area contributed by atoms with Crippen LogP contribution in [0.1, 0.15) is 0 Å². The molecular formula is C47H29N5. The molecule has 0 saturated carbocycles. The van der Waals surface area contributed by atoms with Gasteiger partial charge in [-0.25, -0.2) is 14.8 Å². The van der Waals surface area contributed by atoms with Gasteiger partial charge in [0.25, 0.3) is 0 Å². The van der Waals surface area contributed by atoms with E-state index in [1.54, 1.807) is 0 Å². The van der Waals surface area contributed by atoms with Crippen molar-refractivity contribution >= 4 is 49.3 Å². The Kier molecular flexibility index (Phi) is 6.80. The van der Waals surface area contributed by atoms with Crippen LogP contribution in [0.2, 0.25) is 0 Å². The number of nitrogens with zero attached hydrogens (tertiary/aromatic N) is 5. The summed E-state index contributed by atoms with van der Waals surface area (Å²) in [5, 5.41) is 4.68. The van der Waals surface area contributed by atoms with E-state index in [4.69, 9.17) is 16.5 Å². The highest BCUT2D eigenvalue weighted by Crippen LogP contribution is 2.44. The molecule has 0 aliphatic carbocycles. The van der Waals surface area contributed by atoms with Crippen molar-refractivity contribution in [1.82, 2.24) is 19.1 Å². The molecule has 0 unspecified atom stereocenters. The Morgan fingerprint density at radius 3 is 1.65 bits per heavy atom. The van der Waals surface area contributed by atoms with Gasteiger partial charge < -0.3 is 9.13 Å². The normalized spacial score (nSPS) is 11.4. The molecule has 0 aliphatic rings. The second-order valence-electron chi connectivity index (χ2n) is 12.9. The quantitative estimate of drug-likeness (QED) is 0.172. The predicted molar refractivity (Wildman–Crippen MR) is 213 cm³/mol. The van der Waals surface area contributed by atoms with Crippen LogP contribution in [-0.4, -0.2) is 19.1 Å². The monoisotopic (exact) mass is 663 g/mol. The molecule has 0 fully saturated rings. The van der Waals surface area contributed by atoms with Crippen molar-refractivity contribution in [3.05, 3.63) is 187 Å². The molecule has 0 N–H and O–H groups in total. The van der Waals surface area contributed by atoms with Gasteiger partial charge in [-0.15, -0.1) is 0 Å². The lowest BCUT2D eigenvalue weighted by Crippen LogP contribution is -1.98. The zero-order chi connectivity index (χ0) is 34.6. The van der Waals surface area contributed by atoms with Gasteiger partial charge in [0.2, 0.25) is 5.69 Å². The molecule has 0 aliphatic heterocycles. The standard InChI is InChI=1S/C47H29N5/c1-48-45-43(31-16-6-2-7-17-31)49-47(32-18-8-3-9-19-32)50-44(45)33-26-27-36-37-28-29-40-42(46(37)52(41(36)30-33)35-22-12-5-13-23-35)38-24-14-15-25-39(38)51(40)34-20-10-4-11-21-34/h2-30H. The summed E-state index contributed by atoms with van der Waals surface area (Å²) in [7, 11) is 0. The lowest BCUT2D eigenvalue weighted by Gasteiger charge is -2.13. The van der Waals surface area contributed by atoms with Gasteiger partial charge in [0, 0.05) is 38.5 Å². The predicted octanol–water partition coefficient (Wildman–Crippen LogP) is 12.2. The Labute approximate surface area is 300 Å². The number of rotatable bonds is 5. The fraction of sp³-hybridized carbons (Fsp3) is 0. The van der Waals surface area contributed by atoms with Gasteiger partial charge in [-0.05, 0) is 53.6 Å². The van der Waals surface area contributed by atoms with Crippen molar-refractivity contribution < 1.29 is 0 Å². The van der Waals surface area contributed by atoms with Gasteiger partial charge in [0.05, 0.1) is 40.0 Å². The van der Waals surface area contributed by atoms with E-state index in [1.165, 1.54) is 10.8 Å². The highest BCUT2D eigenvalue weighted by atomic mass is 15.0. The first kappa shape index (κ1) is 29.6. The molecule has 7 aromatic carbocycles. The third-order valence-electron chi connectivity index (χ3n) is 9.94. The Bertz CT molecular complexity index is 2990. The van der Waals surface area contributed by atoms with Gasteiger partial charge in [-0.3, -0.25) is 0 Å². The van der Waals surface area contributed by atoms with Crippen molar-refractivity contribution in [3.8, 4) is 45.3 Å². The number of hydrogen-bond acceptors (Lipinski definition) is 2. The molecule has 10 rings (SSSR count). The van der Waals surface area contributed by atoms with Gasteiger partial charge in [0.1, 0.15) is 0 Å². The molecule has 52 heavy (non-hydrogen) atoms. The highest BCUT2D eigenvalue weighted by Gasteiger charge is 2.23. The lowest BCUT2D eigenvalue weighted by molar-refractivity contribution is 1.17. The van der Waals surface area contributed by atoms with Crippen LogP contribution in [0.5, 0.6) is 0 Å². The molecular weight excluding hydrogens is 635 g/mol. The molecule has 3 aromatic heterocycles. The van der Waals surface area contributed by atoms with Crippen LogP contribution >= 0.6 is 0 Å². The van der Waals surface area contributed by atoms with E-state index >= 15 is 0 Å². The molecule has 0 radical (unpaired) electrons. The van der Waals surface area contributed by atoms with Gasteiger partial charge in [0.15, 0.2) is 5.82 Å². The zero-order valence-electron chi connectivity index (χ0n) is 28.0. The van der Waals surface area contributed by atoms with E-state index < -0.39 is 0 Å². The molecule has 242 valence electrons. The van der Waals surface area contributed by atoms with Crippen LogP contribution in [0.25, 0.3) is 93.7 Å². The second-order valence-corrected chi connectivity index (χ2v) is 12.9. The Hall–Kier alpha value is -7.29. The molecule has 5 heteroatoms. The maximum absolute atomic E-state index is 8.40. The minimum absolute atomic E-state index is 0.431. The summed E-state index contributed by atoms with van der Waals surface area (Å²) in [6.07, 6.45) is 0. The minimum Gasteiger partial charge on any atom is -0.309 e. The summed E-state index contributed by atoms with van der Waals surface area (Å²) in [4.78, 5) is 14.2. The fourth-order valence-corrected chi connectivity index (χ4v) is 7.68. The number of fused-ring (bicyclic) bond motifs is 7. The molecule has 0 saturated heterocycles. The SMILES string of the molecule is [C-]#[N+]c1c(-c2ccccc2)nc(-c2ccccc2)nc1-c1ccc2c3ccc4c(c5ccccc5n4-c4ccccc4)c3n(-c3ccccc3)c2c1. The third-order valence-corrected chi connectivity index (χ3v) is 9.94. The first-order chi connectivity index (χ1) is 25.8. The molecule has 10 aromatic rings.